The Morgan fingerprint density at radius 1 is 0.852 bits per heavy atom. The first-order chi connectivity index (χ1) is 12.8. The number of nitrogens with zero attached hydrogens (tertiary/aromatic N) is 5. The lowest BCUT2D eigenvalue weighted by atomic mass is 10.2. The standard InChI is InChI=1S/C14H7N5O7S/c20-17(21)9-3-1-8(2-4-9)13-15-14(26-16-13)27-12-6-5-10(18(22)23)7-11(12)19(24)25/h1-7H. The van der Waals surface area contributed by atoms with Gasteiger partial charge in [-0.2, -0.15) is 4.98 Å². The van der Waals surface area contributed by atoms with Crippen LogP contribution in [0.5, 0.6) is 0 Å². The Morgan fingerprint density at radius 3 is 2.07 bits per heavy atom. The van der Waals surface area contributed by atoms with Crippen molar-refractivity contribution in [1.29, 1.82) is 0 Å². The van der Waals surface area contributed by atoms with Gasteiger partial charge >= 0.3 is 0 Å². The van der Waals surface area contributed by atoms with Crippen molar-refractivity contribution in [2.45, 2.75) is 10.1 Å². The zero-order valence-corrected chi connectivity index (χ0v) is 13.9. The molecule has 0 bridgehead atoms. The Bertz CT molecular complexity index is 1050. The second-order valence-corrected chi connectivity index (χ2v) is 5.95. The molecule has 2 aromatic carbocycles. The van der Waals surface area contributed by atoms with E-state index < -0.39 is 26.1 Å². The zero-order chi connectivity index (χ0) is 19.6. The Morgan fingerprint density at radius 2 is 1.48 bits per heavy atom. The molecule has 12 nitrogen and oxygen atoms in total. The number of nitro groups is 3. The van der Waals surface area contributed by atoms with Gasteiger partial charge in [-0.3, -0.25) is 30.3 Å². The van der Waals surface area contributed by atoms with Gasteiger partial charge in [0.05, 0.1) is 25.7 Å². The lowest BCUT2D eigenvalue weighted by Crippen LogP contribution is -1.94. The van der Waals surface area contributed by atoms with Crippen LogP contribution in [0.3, 0.4) is 0 Å². The SMILES string of the molecule is O=[N+]([O-])c1ccc(-c2noc(Sc3ccc([N+](=O)[O-])cc3[N+](=O)[O-])n2)cc1. The summed E-state index contributed by atoms with van der Waals surface area (Å²) in [7, 11) is 0. The van der Waals surface area contributed by atoms with Crippen LogP contribution in [0, 0.1) is 30.3 Å². The maximum absolute atomic E-state index is 11.1. The number of non-ortho nitro benzene ring substituents is 2. The van der Waals surface area contributed by atoms with Crippen LogP contribution in [0.15, 0.2) is 57.1 Å². The highest BCUT2D eigenvalue weighted by molar-refractivity contribution is 7.99. The highest BCUT2D eigenvalue weighted by Crippen LogP contribution is 2.36. The first-order valence-corrected chi connectivity index (χ1v) is 7.86. The second kappa shape index (κ2) is 7.17. The van der Waals surface area contributed by atoms with Gasteiger partial charge in [0.15, 0.2) is 0 Å². The van der Waals surface area contributed by atoms with E-state index >= 15 is 0 Å². The molecule has 0 fully saturated rings. The summed E-state index contributed by atoms with van der Waals surface area (Å²) < 4.78 is 5.02. The molecule has 13 heteroatoms. The Balaban J connectivity index is 1.86. The summed E-state index contributed by atoms with van der Waals surface area (Å²) in [5, 5.41) is 36.3. The van der Waals surface area contributed by atoms with Gasteiger partial charge < -0.3 is 4.52 Å². The molecular formula is C14H7N5O7S. The van der Waals surface area contributed by atoms with Crippen molar-refractivity contribution >= 4 is 28.8 Å². The topological polar surface area (TPSA) is 168 Å². The maximum atomic E-state index is 11.1. The fourth-order valence-corrected chi connectivity index (χ4v) is 2.81. The average molecular weight is 389 g/mol. The van der Waals surface area contributed by atoms with E-state index in [0.717, 1.165) is 23.9 Å². The van der Waals surface area contributed by atoms with E-state index in [1.807, 2.05) is 0 Å². The summed E-state index contributed by atoms with van der Waals surface area (Å²) in [6.45, 7) is 0. The van der Waals surface area contributed by atoms with Gasteiger partial charge in [0.25, 0.3) is 22.3 Å². The third-order valence-electron chi connectivity index (χ3n) is 3.29. The molecule has 0 radical (unpaired) electrons. The van der Waals surface area contributed by atoms with E-state index in [0.29, 0.717) is 5.56 Å². The summed E-state index contributed by atoms with van der Waals surface area (Å²) in [5.74, 6) is 0.136. The van der Waals surface area contributed by atoms with Crippen LogP contribution in [0.1, 0.15) is 0 Å². The molecule has 136 valence electrons. The van der Waals surface area contributed by atoms with Crippen LogP contribution in [0.25, 0.3) is 11.4 Å². The fourth-order valence-electron chi connectivity index (χ4n) is 2.04. The smallest absolute Gasteiger partial charge is 0.291 e. The Hall–Kier alpha value is -3.87. The van der Waals surface area contributed by atoms with Crippen molar-refractivity contribution < 1.29 is 19.3 Å². The van der Waals surface area contributed by atoms with Gasteiger partial charge in [-0.15, -0.1) is 0 Å². The van der Waals surface area contributed by atoms with Crippen LogP contribution in [-0.4, -0.2) is 24.9 Å². The van der Waals surface area contributed by atoms with Crippen molar-refractivity contribution in [1.82, 2.24) is 10.1 Å². The quantitative estimate of drug-likeness (QED) is 0.448. The van der Waals surface area contributed by atoms with E-state index in [1.54, 1.807) is 0 Å². The Kier molecular flexibility index (Phi) is 4.76. The molecule has 0 atom stereocenters. The van der Waals surface area contributed by atoms with Crippen LogP contribution in [0.4, 0.5) is 17.1 Å². The highest BCUT2D eigenvalue weighted by Gasteiger charge is 2.22. The molecule has 0 spiro atoms. The number of nitro benzene ring substituents is 3. The van der Waals surface area contributed by atoms with Gasteiger partial charge in [-0.25, -0.2) is 0 Å². The summed E-state index contributed by atoms with van der Waals surface area (Å²) in [6, 6.07) is 8.62. The third kappa shape index (κ3) is 3.87. The fraction of sp³-hybridized carbons (Fsp3) is 0. The lowest BCUT2D eigenvalue weighted by Gasteiger charge is -1.99. The van der Waals surface area contributed by atoms with Crippen molar-refractivity contribution in [3.63, 3.8) is 0 Å². The number of rotatable bonds is 6. The average Bonchev–Trinajstić information content (AvgIpc) is 3.10. The first-order valence-electron chi connectivity index (χ1n) is 7.04. The van der Waals surface area contributed by atoms with Gasteiger partial charge in [-0.05, 0) is 30.0 Å². The van der Waals surface area contributed by atoms with E-state index in [2.05, 4.69) is 10.1 Å². The second-order valence-electron chi connectivity index (χ2n) is 4.96. The molecule has 0 aliphatic carbocycles. The molecule has 0 saturated heterocycles. The molecule has 27 heavy (non-hydrogen) atoms. The molecule has 1 aromatic heterocycles. The molecule has 0 aliphatic rings. The predicted octanol–water partition coefficient (Wildman–Crippen LogP) is 3.61. The van der Waals surface area contributed by atoms with Crippen LogP contribution >= 0.6 is 11.8 Å². The van der Waals surface area contributed by atoms with Gasteiger partial charge in [0.2, 0.25) is 5.82 Å². The normalized spacial score (nSPS) is 10.5. The Labute approximate surface area is 153 Å². The monoisotopic (exact) mass is 389 g/mol. The van der Waals surface area contributed by atoms with Gasteiger partial charge in [0, 0.05) is 23.8 Å². The van der Waals surface area contributed by atoms with Crippen molar-refractivity contribution in [2.24, 2.45) is 0 Å². The van der Waals surface area contributed by atoms with Crippen LogP contribution < -0.4 is 0 Å². The number of hydrogen-bond donors (Lipinski definition) is 0. The molecule has 3 aromatic rings. The van der Waals surface area contributed by atoms with Crippen molar-refractivity contribution in [3.05, 3.63) is 72.8 Å². The summed E-state index contributed by atoms with van der Waals surface area (Å²) >= 11 is 0.774. The molecule has 0 amide bonds. The summed E-state index contributed by atoms with van der Waals surface area (Å²) in [4.78, 5) is 34.7. The molecule has 0 unspecified atom stereocenters. The van der Waals surface area contributed by atoms with E-state index in [1.165, 1.54) is 30.3 Å². The van der Waals surface area contributed by atoms with E-state index in [9.17, 15) is 30.3 Å². The van der Waals surface area contributed by atoms with Crippen molar-refractivity contribution in [3.8, 4) is 11.4 Å². The number of hydrogen-bond acceptors (Lipinski definition) is 10. The lowest BCUT2D eigenvalue weighted by molar-refractivity contribution is -0.396. The largest absolute Gasteiger partial charge is 0.327 e. The molecule has 3 rings (SSSR count). The summed E-state index contributed by atoms with van der Waals surface area (Å²) in [5.41, 5.74) is -0.528. The molecule has 1 heterocycles. The minimum absolute atomic E-state index is 0.0275. The minimum atomic E-state index is -0.747. The molecule has 0 saturated carbocycles. The third-order valence-corrected chi connectivity index (χ3v) is 4.20. The molecule has 0 aliphatic heterocycles. The minimum Gasteiger partial charge on any atom is -0.327 e. The van der Waals surface area contributed by atoms with E-state index in [4.69, 9.17) is 4.52 Å². The maximum Gasteiger partial charge on any atom is 0.291 e. The number of benzene rings is 2. The predicted molar refractivity (Wildman–Crippen MR) is 90.3 cm³/mol. The van der Waals surface area contributed by atoms with Crippen molar-refractivity contribution in [2.75, 3.05) is 0 Å². The number of aromatic nitrogens is 2. The van der Waals surface area contributed by atoms with Gasteiger partial charge in [-0.1, -0.05) is 5.16 Å². The van der Waals surface area contributed by atoms with Gasteiger partial charge in [0.1, 0.15) is 0 Å². The van der Waals surface area contributed by atoms with E-state index in [-0.39, 0.29) is 21.6 Å². The molecule has 0 N–H and O–H groups in total. The molecular weight excluding hydrogens is 382 g/mol. The summed E-state index contributed by atoms with van der Waals surface area (Å²) in [6.07, 6.45) is 0. The highest BCUT2D eigenvalue weighted by atomic mass is 32.2. The zero-order valence-electron chi connectivity index (χ0n) is 13.0. The van der Waals surface area contributed by atoms with Crippen LogP contribution in [0.2, 0.25) is 0 Å². The first kappa shape index (κ1) is 17.9. The van der Waals surface area contributed by atoms with Crippen LogP contribution in [-0.2, 0) is 0 Å².